The Bertz CT molecular complexity index is 809. The Balaban J connectivity index is 1.78. The summed E-state index contributed by atoms with van der Waals surface area (Å²) in [5.74, 6) is 0.695. The van der Waals surface area contributed by atoms with Crippen LogP contribution < -0.4 is 4.74 Å². The van der Waals surface area contributed by atoms with Crippen molar-refractivity contribution in [3.05, 3.63) is 53.7 Å². The van der Waals surface area contributed by atoms with E-state index in [1.807, 2.05) is 68.6 Å². The van der Waals surface area contributed by atoms with Gasteiger partial charge in [0.15, 0.2) is 0 Å². The van der Waals surface area contributed by atoms with Crippen LogP contribution in [0.5, 0.6) is 5.75 Å². The van der Waals surface area contributed by atoms with Gasteiger partial charge in [-0.25, -0.2) is 4.98 Å². The molecule has 6 heteroatoms. The van der Waals surface area contributed by atoms with Gasteiger partial charge in [-0.3, -0.25) is 4.68 Å². The SMILES string of the molecule is Cc1nn(C)cc1-c1cncn1CC(C)Oc1ccccc1Cl. The molecule has 0 radical (unpaired) electrons. The van der Waals surface area contributed by atoms with Crippen LogP contribution >= 0.6 is 11.6 Å². The highest BCUT2D eigenvalue weighted by molar-refractivity contribution is 6.32. The first-order chi connectivity index (χ1) is 11.0. The first kappa shape index (κ1) is 15.6. The van der Waals surface area contributed by atoms with Crippen LogP contribution in [0.2, 0.25) is 5.02 Å². The number of ether oxygens (including phenoxy) is 1. The van der Waals surface area contributed by atoms with Crippen molar-refractivity contribution in [3.63, 3.8) is 0 Å². The molecule has 0 amide bonds. The minimum atomic E-state index is -0.0418. The monoisotopic (exact) mass is 330 g/mol. The average molecular weight is 331 g/mol. The molecule has 0 fully saturated rings. The molecule has 0 aliphatic rings. The number of halogens is 1. The molecule has 2 heterocycles. The quantitative estimate of drug-likeness (QED) is 0.716. The lowest BCUT2D eigenvalue weighted by atomic mass is 10.2. The lowest BCUT2D eigenvalue weighted by molar-refractivity contribution is 0.200. The van der Waals surface area contributed by atoms with Crippen LogP contribution in [-0.4, -0.2) is 25.4 Å². The fraction of sp³-hybridized carbons (Fsp3) is 0.294. The number of hydrogen-bond donors (Lipinski definition) is 0. The molecule has 120 valence electrons. The highest BCUT2D eigenvalue weighted by Gasteiger charge is 2.14. The summed E-state index contributed by atoms with van der Waals surface area (Å²) in [6.45, 7) is 4.69. The predicted molar refractivity (Wildman–Crippen MR) is 90.7 cm³/mol. The second kappa shape index (κ2) is 6.46. The zero-order valence-electron chi connectivity index (χ0n) is 13.4. The van der Waals surface area contributed by atoms with E-state index in [2.05, 4.69) is 14.6 Å². The first-order valence-corrected chi connectivity index (χ1v) is 7.84. The number of hydrogen-bond acceptors (Lipinski definition) is 3. The fourth-order valence-electron chi connectivity index (χ4n) is 2.61. The van der Waals surface area contributed by atoms with Gasteiger partial charge in [0, 0.05) is 18.8 Å². The van der Waals surface area contributed by atoms with Gasteiger partial charge in [-0.2, -0.15) is 5.10 Å². The van der Waals surface area contributed by atoms with Crippen molar-refractivity contribution in [2.45, 2.75) is 26.5 Å². The zero-order valence-corrected chi connectivity index (χ0v) is 14.2. The van der Waals surface area contributed by atoms with Gasteiger partial charge in [-0.15, -0.1) is 0 Å². The van der Waals surface area contributed by atoms with Gasteiger partial charge < -0.3 is 9.30 Å². The van der Waals surface area contributed by atoms with E-state index in [-0.39, 0.29) is 6.10 Å². The molecule has 3 rings (SSSR count). The van der Waals surface area contributed by atoms with E-state index in [0.717, 1.165) is 17.0 Å². The second-order valence-electron chi connectivity index (χ2n) is 5.59. The maximum Gasteiger partial charge on any atom is 0.138 e. The molecule has 0 aliphatic heterocycles. The Morgan fingerprint density at radius 2 is 2.09 bits per heavy atom. The Morgan fingerprint density at radius 3 is 2.78 bits per heavy atom. The third-order valence-corrected chi connectivity index (χ3v) is 3.93. The molecule has 5 nitrogen and oxygen atoms in total. The van der Waals surface area contributed by atoms with Gasteiger partial charge in [0.1, 0.15) is 11.9 Å². The molecule has 1 atom stereocenters. The Hall–Kier alpha value is -2.27. The molecule has 2 aromatic heterocycles. The highest BCUT2D eigenvalue weighted by Crippen LogP contribution is 2.26. The van der Waals surface area contributed by atoms with Gasteiger partial charge in [0.25, 0.3) is 0 Å². The summed E-state index contributed by atoms with van der Waals surface area (Å²) in [6, 6.07) is 7.50. The normalized spacial score (nSPS) is 12.3. The number of imidazole rings is 1. The molecule has 0 bridgehead atoms. The smallest absolute Gasteiger partial charge is 0.138 e. The molecule has 0 saturated heterocycles. The number of rotatable bonds is 5. The lowest BCUT2D eigenvalue weighted by Gasteiger charge is -2.17. The van der Waals surface area contributed by atoms with Gasteiger partial charge in [0.05, 0.1) is 35.5 Å². The van der Waals surface area contributed by atoms with Gasteiger partial charge >= 0.3 is 0 Å². The third kappa shape index (κ3) is 3.40. The standard InChI is InChI=1S/C17H19ClN4O/c1-12(23-17-7-5-4-6-15(17)18)9-22-11-19-8-16(22)14-10-21(3)20-13(14)2/h4-8,10-12H,9H2,1-3H3. The van der Waals surface area contributed by atoms with Crippen molar-refractivity contribution in [2.75, 3.05) is 0 Å². The van der Waals surface area contributed by atoms with Gasteiger partial charge in [-0.05, 0) is 26.0 Å². The summed E-state index contributed by atoms with van der Waals surface area (Å²) in [7, 11) is 1.92. The maximum absolute atomic E-state index is 6.15. The molecule has 3 aromatic rings. The van der Waals surface area contributed by atoms with Crippen molar-refractivity contribution in [3.8, 4) is 17.0 Å². The van der Waals surface area contributed by atoms with Crippen LogP contribution in [0.3, 0.4) is 0 Å². The van der Waals surface area contributed by atoms with Crippen LogP contribution in [0, 0.1) is 6.92 Å². The molecule has 0 N–H and O–H groups in total. The van der Waals surface area contributed by atoms with Crippen molar-refractivity contribution in [1.82, 2.24) is 19.3 Å². The van der Waals surface area contributed by atoms with Crippen molar-refractivity contribution in [2.24, 2.45) is 7.05 Å². The van der Waals surface area contributed by atoms with E-state index in [9.17, 15) is 0 Å². The van der Waals surface area contributed by atoms with E-state index in [1.54, 1.807) is 0 Å². The van der Waals surface area contributed by atoms with Crippen LogP contribution in [0.4, 0.5) is 0 Å². The van der Waals surface area contributed by atoms with Crippen molar-refractivity contribution >= 4 is 11.6 Å². The van der Waals surface area contributed by atoms with Crippen molar-refractivity contribution < 1.29 is 4.74 Å². The van der Waals surface area contributed by atoms with Crippen LogP contribution in [0.1, 0.15) is 12.6 Å². The summed E-state index contributed by atoms with van der Waals surface area (Å²) in [5, 5.41) is 5.01. The molecule has 0 spiro atoms. The van der Waals surface area contributed by atoms with Crippen LogP contribution in [-0.2, 0) is 13.6 Å². The van der Waals surface area contributed by atoms with Crippen LogP contribution in [0.15, 0.2) is 43.0 Å². The van der Waals surface area contributed by atoms with E-state index in [0.29, 0.717) is 17.3 Å². The van der Waals surface area contributed by atoms with Gasteiger partial charge in [0.2, 0.25) is 0 Å². The van der Waals surface area contributed by atoms with Gasteiger partial charge in [-0.1, -0.05) is 23.7 Å². The maximum atomic E-state index is 6.15. The summed E-state index contributed by atoms with van der Waals surface area (Å²) in [6.07, 6.45) is 5.63. The summed E-state index contributed by atoms with van der Waals surface area (Å²) >= 11 is 6.15. The predicted octanol–water partition coefficient (Wildman–Crippen LogP) is 3.71. The summed E-state index contributed by atoms with van der Waals surface area (Å²) < 4.78 is 9.83. The molecule has 0 saturated carbocycles. The minimum Gasteiger partial charge on any atom is -0.487 e. The van der Waals surface area contributed by atoms with E-state index in [1.165, 1.54) is 0 Å². The largest absolute Gasteiger partial charge is 0.487 e. The first-order valence-electron chi connectivity index (χ1n) is 7.46. The number of para-hydroxylation sites is 1. The number of nitrogens with zero attached hydrogens (tertiary/aromatic N) is 4. The molecule has 1 unspecified atom stereocenters. The molecular formula is C17H19ClN4O. The Kier molecular flexibility index (Phi) is 4.39. The van der Waals surface area contributed by atoms with Crippen molar-refractivity contribution in [1.29, 1.82) is 0 Å². The zero-order chi connectivity index (χ0) is 16.4. The molecular weight excluding hydrogens is 312 g/mol. The summed E-state index contributed by atoms with van der Waals surface area (Å²) in [5.41, 5.74) is 3.09. The topological polar surface area (TPSA) is 44.9 Å². The number of benzene rings is 1. The number of aryl methyl sites for hydroxylation is 2. The van der Waals surface area contributed by atoms with E-state index < -0.39 is 0 Å². The average Bonchev–Trinajstić information content (AvgIpc) is 3.07. The molecule has 0 aliphatic carbocycles. The van der Waals surface area contributed by atoms with Crippen LogP contribution in [0.25, 0.3) is 11.3 Å². The van der Waals surface area contributed by atoms with E-state index in [4.69, 9.17) is 16.3 Å². The van der Waals surface area contributed by atoms with E-state index >= 15 is 0 Å². The minimum absolute atomic E-state index is 0.0418. The molecule has 1 aromatic carbocycles. The lowest BCUT2D eigenvalue weighted by Crippen LogP contribution is -2.19. The Morgan fingerprint density at radius 1 is 1.30 bits per heavy atom. The number of aromatic nitrogens is 4. The second-order valence-corrected chi connectivity index (χ2v) is 6.00. The summed E-state index contributed by atoms with van der Waals surface area (Å²) in [4.78, 5) is 4.27. The fourth-order valence-corrected chi connectivity index (χ4v) is 2.79. The Labute approximate surface area is 140 Å². The molecule has 23 heavy (non-hydrogen) atoms. The highest BCUT2D eigenvalue weighted by atomic mass is 35.5. The third-order valence-electron chi connectivity index (χ3n) is 3.62.